The maximum atomic E-state index is 13.5. The van der Waals surface area contributed by atoms with E-state index in [0.717, 1.165) is 22.2 Å². The summed E-state index contributed by atoms with van der Waals surface area (Å²) in [5.74, 6) is 2.13. The Hall–Kier alpha value is -2.88. The zero-order valence-corrected chi connectivity index (χ0v) is 22.5. The number of benzene rings is 3. The number of anilines is 1. The molecule has 0 fully saturated rings. The third kappa shape index (κ3) is 7.56. The number of nitrogens with zero attached hydrogens (tertiary/aromatic N) is 1. The van der Waals surface area contributed by atoms with Crippen molar-refractivity contribution in [3.8, 4) is 11.5 Å². The van der Waals surface area contributed by atoms with Gasteiger partial charge in [0.05, 0.1) is 24.8 Å². The van der Waals surface area contributed by atoms with E-state index in [2.05, 4.69) is 5.32 Å². The molecule has 0 atom stereocenters. The van der Waals surface area contributed by atoms with Gasteiger partial charge in [0.15, 0.2) is 11.5 Å². The topological polar surface area (TPSA) is 84.9 Å². The minimum absolute atomic E-state index is 0.0891. The van der Waals surface area contributed by atoms with Crippen LogP contribution >= 0.6 is 23.4 Å². The van der Waals surface area contributed by atoms with Crippen LogP contribution in [0.3, 0.4) is 0 Å². The van der Waals surface area contributed by atoms with Crippen molar-refractivity contribution < 1.29 is 22.7 Å². The number of hydrogen-bond donors (Lipinski definition) is 1. The van der Waals surface area contributed by atoms with Crippen molar-refractivity contribution in [3.63, 3.8) is 0 Å². The Morgan fingerprint density at radius 1 is 0.972 bits per heavy atom. The number of rotatable bonds is 13. The van der Waals surface area contributed by atoms with E-state index in [1.165, 1.54) is 31.9 Å². The van der Waals surface area contributed by atoms with Crippen molar-refractivity contribution in [1.82, 2.24) is 5.32 Å². The van der Waals surface area contributed by atoms with Gasteiger partial charge in [-0.2, -0.15) is 11.8 Å². The minimum atomic E-state index is -4.00. The Labute approximate surface area is 221 Å². The predicted octanol–water partition coefficient (Wildman–Crippen LogP) is 4.99. The lowest BCUT2D eigenvalue weighted by atomic mass is 10.2. The number of methoxy groups -OCH3 is 2. The van der Waals surface area contributed by atoms with E-state index < -0.39 is 15.9 Å². The molecule has 3 rings (SSSR count). The molecule has 1 N–H and O–H groups in total. The average molecular weight is 549 g/mol. The summed E-state index contributed by atoms with van der Waals surface area (Å²) in [5.41, 5.74) is 1.48. The third-order valence-electron chi connectivity index (χ3n) is 5.24. The van der Waals surface area contributed by atoms with Crippen molar-refractivity contribution in [1.29, 1.82) is 0 Å². The van der Waals surface area contributed by atoms with Crippen LogP contribution in [-0.2, 0) is 20.6 Å². The smallest absolute Gasteiger partial charge is 0.264 e. The van der Waals surface area contributed by atoms with Gasteiger partial charge in [-0.25, -0.2) is 8.42 Å². The van der Waals surface area contributed by atoms with Crippen LogP contribution in [0.1, 0.15) is 12.0 Å². The van der Waals surface area contributed by atoms with Gasteiger partial charge >= 0.3 is 0 Å². The molecule has 0 aliphatic heterocycles. The highest BCUT2D eigenvalue weighted by Gasteiger charge is 2.28. The van der Waals surface area contributed by atoms with Gasteiger partial charge in [0, 0.05) is 23.4 Å². The summed E-state index contributed by atoms with van der Waals surface area (Å²) in [5, 5.41) is 3.54. The quantitative estimate of drug-likeness (QED) is 0.303. The van der Waals surface area contributed by atoms with Crippen molar-refractivity contribution in [2.45, 2.75) is 17.1 Å². The van der Waals surface area contributed by atoms with Crippen LogP contribution in [0.15, 0.2) is 77.7 Å². The highest BCUT2D eigenvalue weighted by Crippen LogP contribution is 2.33. The number of hydrogen-bond acceptors (Lipinski definition) is 6. The summed E-state index contributed by atoms with van der Waals surface area (Å²) in [7, 11) is -1.04. The Morgan fingerprint density at radius 2 is 1.67 bits per heavy atom. The van der Waals surface area contributed by atoms with E-state index in [1.807, 2.05) is 24.3 Å². The molecule has 192 valence electrons. The normalized spacial score (nSPS) is 11.1. The van der Waals surface area contributed by atoms with Crippen molar-refractivity contribution in [2.75, 3.05) is 37.4 Å². The van der Waals surface area contributed by atoms with E-state index in [0.29, 0.717) is 28.8 Å². The molecular formula is C26H29ClN2O5S2. The van der Waals surface area contributed by atoms with Crippen LogP contribution in [0.25, 0.3) is 0 Å². The van der Waals surface area contributed by atoms with Crippen LogP contribution in [0.2, 0.25) is 5.02 Å². The Morgan fingerprint density at radius 3 is 2.33 bits per heavy atom. The highest BCUT2D eigenvalue weighted by molar-refractivity contribution is 7.98. The summed E-state index contributed by atoms with van der Waals surface area (Å²) in [4.78, 5) is 12.9. The Kier molecular flexibility index (Phi) is 10.3. The first-order chi connectivity index (χ1) is 17.3. The molecule has 3 aromatic carbocycles. The van der Waals surface area contributed by atoms with Gasteiger partial charge in [-0.15, -0.1) is 0 Å². The Bertz CT molecular complexity index is 1240. The number of halogens is 1. The molecule has 1 amide bonds. The second kappa shape index (κ2) is 13.4. The fraction of sp³-hybridized carbons (Fsp3) is 0.269. The molecule has 0 spiro atoms. The zero-order valence-electron chi connectivity index (χ0n) is 20.1. The molecule has 0 saturated heterocycles. The van der Waals surface area contributed by atoms with E-state index in [-0.39, 0.29) is 11.4 Å². The molecule has 0 heterocycles. The number of sulfonamides is 1. The maximum Gasteiger partial charge on any atom is 0.264 e. The van der Waals surface area contributed by atoms with Gasteiger partial charge in [0.2, 0.25) is 5.91 Å². The largest absolute Gasteiger partial charge is 0.493 e. The van der Waals surface area contributed by atoms with E-state index >= 15 is 0 Å². The first kappa shape index (κ1) is 27.7. The summed E-state index contributed by atoms with van der Waals surface area (Å²) in [6.07, 6.45) is 0.756. The first-order valence-corrected chi connectivity index (χ1v) is 14.2. The summed E-state index contributed by atoms with van der Waals surface area (Å²) in [6.45, 7) is 0.0717. The second-order valence-electron chi connectivity index (χ2n) is 7.75. The fourth-order valence-corrected chi connectivity index (χ4v) is 5.85. The lowest BCUT2D eigenvalue weighted by molar-refractivity contribution is -0.119. The third-order valence-corrected chi connectivity index (χ3v) is 8.40. The molecule has 0 aliphatic carbocycles. The number of carbonyl (C=O) groups excluding carboxylic acids is 1. The van der Waals surface area contributed by atoms with Crippen LogP contribution in [0, 0.1) is 0 Å². The van der Waals surface area contributed by atoms with Crippen molar-refractivity contribution in [2.24, 2.45) is 0 Å². The van der Waals surface area contributed by atoms with Crippen LogP contribution in [0.5, 0.6) is 11.5 Å². The van der Waals surface area contributed by atoms with Gasteiger partial charge < -0.3 is 14.8 Å². The molecule has 0 aliphatic rings. The second-order valence-corrected chi connectivity index (χ2v) is 11.2. The van der Waals surface area contributed by atoms with Crippen LogP contribution < -0.4 is 19.1 Å². The van der Waals surface area contributed by atoms with Crippen LogP contribution in [-0.4, -0.2) is 47.4 Å². The molecule has 36 heavy (non-hydrogen) atoms. The maximum absolute atomic E-state index is 13.5. The van der Waals surface area contributed by atoms with Gasteiger partial charge in [-0.1, -0.05) is 41.9 Å². The number of ether oxygens (including phenoxy) is 2. The van der Waals surface area contributed by atoms with Gasteiger partial charge in [-0.05, 0) is 54.1 Å². The minimum Gasteiger partial charge on any atom is -0.493 e. The zero-order chi connectivity index (χ0) is 26.0. The summed E-state index contributed by atoms with van der Waals surface area (Å²) in [6, 6.07) is 20.5. The first-order valence-electron chi connectivity index (χ1n) is 11.2. The molecule has 0 unspecified atom stereocenters. The number of thioether (sulfide) groups is 1. The van der Waals surface area contributed by atoms with Gasteiger partial charge in [0.1, 0.15) is 6.54 Å². The number of nitrogens with one attached hydrogen (secondary N) is 1. The Balaban J connectivity index is 1.64. The summed E-state index contributed by atoms with van der Waals surface area (Å²) < 4.78 is 38.6. The lowest BCUT2D eigenvalue weighted by Crippen LogP contribution is -2.41. The predicted molar refractivity (Wildman–Crippen MR) is 146 cm³/mol. The summed E-state index contributed by atoms with van der Waals surface area (Å²) >= 11 is 7.67. The molecule has 10 heteroatoms. The molecule has 3 aromatic rings. The number of amides is 1. The molecule has 0 bridgehead atoms. The average Bonchev–Trinajstić information content (AvgIpc) is 2.90. The van der Waals surface area contributed by atoms with Gasteiger partial charge in [-0.3, -0.25) is 9.10 Å². The van der Waals surface area contributed by atoms with Crippen molar-refractivity contribution >= 4 is 45.0 Å². The molecule has 7 nitrogen and oxygen atoms in total. The molecular weight excluding hydrogens is 520 g/mol. The van der Waals surface area contributed by atoms with Crippen molar-refractivity contribution in [3.05, 3.63) is 83.4 Å². The lowest BCUT2D eigenvalue weighted by Gasteiger charge is -2.25. The molecule has 0 radical (unpaired) electrons. The van der Waals surface area contributed by atoms with E-state index in [1.54, 1.807) is 48.2 Å². The SMILES string of the molecule is COc1ccc(N(CC(=O)NCCCSCc2ccc(Cl)cc2)S(=O)(=O)c2ccccc2)cc1OC. The monoisotopic (exact) mass is 548 g/mol. The number of carbonyl (C=O) groups is 1. The standard InChI is InChI=1S/C26H29ClN2O5S2/c1-33-24-14-13-22(17-25(24)34-2)29(36(31,32)23-7-4-3-5-8-23)18-26(30)28-15-6-16-35-19-20-9-11-21(27)12-10-20/h3-5,7-14,17H,6,15-16,18-19H2,1-2H3,(H,28,30). The molecule has 0 saturated carbocycles. The molecule has 0 aromatic heterocycles. The van der Waals surface area contributed by atoms with Gasteiger partial charge in [0.25, 0.3) is 10.0 Å². The van der Waals surface area contributed by atoms with Crippen LogP contribution in [0.4, 0.5) is 5.69 Å². The van der Waals surface area contributed by atoms with E-state index in [4.69, 9.17) is 21.1 Å². The highest BCUT2D eigenvalue weighted by atomic mass is 35.5. The fourth-order valence-electron chi connectivity index (χ4n) is 3.37. The van der Waals surface area contributed by atoms with E-state index in [9.17, 15) is 13.2 Å².